The van der Waals surface area contributed by atoms with Gasteiger partial charge < -0.3 is 14.5 Å². The summed E-state index contributed by atoms with van der Waals surface area (Å²) in [5.74, 6) is -0.800. The Kier molecular flexibility index (Phi) is 4.91. The van der Waals surface area contributed by atoms with Gasteiger partial charge in [0, 0.05) is 32.8 Å². The number of ether oxygens (including phenoxy) is 1. The van der Waals surface area contributed by atoms with Crippen LogP contribution in [0.3, 0.4) is 0 Å². The van der Waals surface area contributed by atoms with Gasteiger partial charge in [0.2, 0.25) is 0 Å². The summed E-state index contributed by atoms with van der Waals surface area (Å²) in [6, 6.07) is 6.01. The number of carbonyl (C=O) groups is 2. The van der Waals surface area contributed by atoms with E-state index in [9.17, 15) is 14.0 Å². The van der Waals surface area contributed by atoms with Crippen molar-refractivity contribution in [1.29, 1.82) is 0 Å². The maximum absolute atomic E-state index is 13.8. The van der Waals surface area contributed by atoms with Gasteiger partial charge in [-0.2, -0.15) is 0 Å². The van der Waals surface area contributed by atoms with Gasteiger partial charge in [0.25, 0.3) is 11.8 Å². The van der Waals surface area contributed by atoms with E-state index in [-0.39, 0.29) is 23.5 Å². The first-order valence-corrected chi connectivity index (χ1v) is 8.11. The minimum Gasteiger partial charge on any atom is -0.368 e. The standard InChI is InChI=1S/C17H21FN2O3/c18-14-6-2-1-5-13(14)16(21)19-8-4-9-20(11-10-19)17(22)15-7-3-12-23-15/h1-2,5-6,15H,3-4,7-12H2. The molecule has 0 spiro atoms. The minimum atomic E-state index is -0.506. The van der Waals surface area contributed by atoms with Crippen molar-refractivity contribution in [1.82, 2.24) is 9.80 Å². The van der Waals surface area contributed by atoms with E-state index in [0.29, 0.717) is 39.2 Å². The van der Waals surface area contributed by atoms with Crippen molar-refractivity contribution >= 4 is 11.8 Å². The van der Waals surface area contributed by atoms with E-state index >= 15 is 0 Å². The van der Waals surface area contributed by atoms with Crippen molar-refractivity contribution in [2.24, 2.45) is 0 Å². The Morgan fingerprint density at radius 3 is 2.52 bits per heavy atom. The van der Waals surface area contributed by atoms with Crippen LogP contribution in [0.1, 0.15) is 29.6 Å². The van der Waals surface area contributed by atoms with Crippen LogP contribution >= 0.6 is 0 Å². The molecule has 2 fully saturated rings. The summed E-state index contributed by atoms with van der Waals surface area (Å²) in [4.78, 5) is 28.2. The molecule has 3 rings (SSSR count). The molecule has 1 atom stereocenters. The fourth-order valence-electron chi connectivity index (χ4n) is 3.12. The van der Waals surface area contributed by atoms with E-state index in [1.165, 1.54) is 12.1 Å². The van der Waals surface area contributed by atoms with Gasteiger partial charge in [0.05, 0.1) is 5.56 Å². The molecule has 1 aromatic rings. The summed E-state index contributed by atoms with van der Waals surface area (Å²) < 4.78 is 19.2. The SMILES string of the molecule is O=C(c1ccccc1F)N1CCCN(C(=O)C2CCCO2)CC1. The van der Waals surface area contributed by atoms with Crippen molar-refractivity contribution in [3.05, 3.63) is 35.6 Å². The molecule has 0 bridgehead atoms. The molecule has 0 aliphatic carbocycles. The fourth-order valence-corrected chi connectivity index (χ4v) is 3.12. The lowest BCUT2D eigenvalue weighted by Gasteiger charge is -2.24. The van der Waals surface area contributed by atoms with Gasteiger partial charge >= 0.3 is 0 Å². The third kappa shape index (κ3) is 3.52. The van der Waals surface area contributed by atoms with Crippen molar-refractivity contribution in [2.75, 3.05) is 32.8 Å². The molecule has 0 aromatic heterocycles. The number of hydrogen-bond donors (Lipinski definition) is 0. The van der Waals surface area contributed by atoms with Gasteiger partial charge in [-0.15, -0.1) is 0 Å². The number of carbonyl (C=O) groups excluding carboxylic acids is 2. The van der Waals surface area contributed by atoms with E-state index in [1.54, 1.807) is 21.9 Å². The number of rotatable bonds is 2. The molecule has 0 N–H and O–H groups in total. The van der Waals surface area contributed by atoms with Crippen LogP contribution < -0.4 is 0 Å². The highest BCUT2D eigenvalue weighted by atomic mass is 19.1. The Balaban J connectivity index is 1.63. The number of hydrogen-bond acceptors (Lipinski definition) is 3. The number of halogens is 1. The first-order valence-electron chi connectivity index (χ1n) is 8.11. The van der Waals surface area contributed by atoms with Crippen LogP contribution in [-0.2, 0) is 9.53 Å². The molecule has 2 saturated heterocycles. The van der Waals surface area contributed by atoms with E-state index in [4.69, 9.17) is 4.74 Å². The topological polar surface area (TPSA) is 49.9 Å². The van der Waals surface area contributed by atoms with E-state index in [1.807, 2.05) is 0 Å². The number of amides is 2. The smallest absolute Gasteiger partial charge is 0.256 e. The summed E-state index contributed by atoms with van der Waals surface area (Å²) in [6.07, 6.45) is 2.05. The van der Waals surface area contributed by atoms with E-state index in [2.05, 4.69) is 0 Å². The lowest BCUT2D eigenvalue weighted by molar-refractivity contribution is -0.140. The maximum atomic E-state index is 13.8. The summed E-state index contributed by atoms with van der Waals surface area (Å²) in [7, 11) is 0. The second kappa shape index (κ2) is 7.08. The molecule has 1 unspecified atom stereocenters. The van der Waals surface area contributed by atoms with Gasteiger partial charge in [0.15, 0.2) is 0 Å². The molecule has 6 heteroatoms. The Labute approximate surface area is 135 Å². The van der Waals surface area contributed by atoms with Crippen LogP contribution in [0.15, 0.2) is 24.3 Å². The number of nitrogens with zero attached hydrogens (tertiary/aromatic N) is 2. The second-order valence-corrected chi connectivity index (χ2v) is 5.95. The van der Waals surface area contributed by atoms with Crippen LogP contribution in [0.25, 0.3) is 0 Å². The summed E-state index contributed by atoms with van der Waals surface area (Å²) in [6.45, 7) is 2.68. The van der Waals surface area contributed by atoms with Crippen molar-refractivity contribution in [3.63, 3.8) is 0 Å². The molecule has 1 aromatic carbocycles. The zero-order valence-corrected chi connectivity index (χ0v) is 13.0. The Bertz CT molecular complexity index is 587. The molecule has 2 aliphatic rings. The quantitative estimate of drug-likeness (QED) is 0.833. The lowest BCUT2D eigenvalue weighted by Crippen LogP contribution is -2.41. The highest BCUT2D eigenvalue weighted by Gasteiger charge is 2.30. The third-order valence-electron chi connectivity index (χ3n) is 4.40. The normalized spacial score (nSPS) is 22.0. The summed E-state index contributed by atoms with van der Waals surface area (Å²) in [5.41, 5.74) is 0.0893. The van der Waals surface area contributed by atoms with Crippen LogP contribution in [0.4, 0.5) is 4.39 Å². The zero-order valence-electron chi connectivity index (χ0n) is 13.0. The zero-order chi connectivity index (χ0) is 16.2. The maximum Gasteiger partial charge on any atom is 0.256 e. The predicted octanol–water partition coefficient (Wildman–Crippen LogP) is 1.68. The predicted molar refractivity (Wildman–Crippen MR) is 82.5 cm³/mol. The number of benzene rings is 1. The largest absolute Gasteiger partial charge is 0.368 e. The monoisotopic (exact) mass is 320 g/mol. The highest BCUT2D eigenvalue weighted by molar-refractivity contribution is 5.94. The second-order valence-electron chi connectivity index (χ2n) is 5.95. The van der Waals surface area contributed by atoms with Gasteiger partial charge in [-0.25, -0.2) is 4.39 Å². The summed E-state index contributed by atoms with van der Waals surface area (Å²) in [5, 5.41) is 0. The third-order valence-corrected chi connectivity index (χ3v) is 4.40. The molecule has 2 amide bonds. The van der Waals surface area contributed by atoms with Gasteiger partial charge in [-0.05, 0) is 31.4 Å². The van der Waals surface area contributed by atoms with Crippen LogP contribution in [-0.4, -0.2) is 60.5 Å². The first-order chi connectivity index (χ1) is 11.2. The molecule has 0 radical (unpaired) electrons. The lowest BCUT2D eigenvalue weighted by atomic mass is 10.2. The highest BCUT2D eigenvalue weighted by Crippen LogP contribution is 2.17. The molecular weight excluding hydrogens is 299 g/mol. The summed E-state index contributed by atoms with van der Waals surface area (Å²) >= 11 is 0. The van der Waals surface area contributed by atoms with Crippen molar-refractivity contribution in [3.8, 4) is 0 Å². The molecule has 2 aliphatic heterocycles. The molecule has 5 nitrogen and oxygen atoms in total. The van der Waals surface area contributed by atoms with E-state index < -0.39 is 5.82 Å². The first kappa shape index (κ1) is 15.9. The molecular formula is C17H21FN2O3. The fraction of sp³-hybridized carbons (Fsp3) is 0.529. The van der Waals surface area contributed by atoms with Crippen LogP contribution in [0.5, 0.6) is 0 Å². The van der Waals surface area contributed by atoms with Gasteiger partial charge in [-0.1, -0.05) is 12.1 Å². The Morgan fingerprint density at radius 2 is 1.78 bits per heavy atom. The Hall–Kier alpha value is -1.95. The minimum absolute atomic E-state index is 0.0164. The van der Waals surface area contributed by atoms with Crippen LogP contribution in [0, 0.1) is 5.82 Å². The molecule has 23 heavy (non-hydrogen) atoms. The van der Waals surface area contributed by atoms with Gasteiger partial charge in [-0.3, -0.25) is 9.59 Å². The van der Waals surface area contributed by atoms with Gasteiger partial charge in [0.1, 0.15) is 11.9 Å². The Morgan fingerprint density at radius 1 is 1.04 bits per heavy atom. The molecule has 124 valence electrons. The average molecular weight is 320 g/mol. The molecule has 0 saturated carbocycles. The van der Waals surface area contributed by atoms with E-state index in [0.717, 1.165) is 12.8 Å². The van der Waals surface area contributed by atoms with Crippen molar-refractivity contribution in [2.45, 2.75) is 25.4 Å². The van der Waals surface area contributed by atoms with Crippen LogP contribution in [0.2, 0.25) is 0 Å². The van der Waals surface area contributed by atoms with Crippen molar-refractivity contribution < 1.29 is 18.7 Å². The average Bonchev–Trinajstić information content (AvgIpc) is 2.98. The molecule has 2 heterocycles.